The van der Waals surface area contributed by atoms with Crippen LogP contribution in [0.2, 0.25) is 5.02 Å². The average molecular weight is 396 g/mol. The molecule has 0 aliphatic carbocycles. The number of carbonyl (C=O) groups excluding carboxylic acids is 1. The van der Waals surface area contributed by atoms with E-state index in [1.54, 1.807) is 12.1 Å². The number of hydrogen-bond donors (Lipinski definition) is 0. The second-order valence-electron chi connectivity index (χ2n) is 6.01. The minimum absolute atomic E-state index is 0.105. The maximum Gasteiger partial charge on any atom is 0.316 e. The van der Waals surface area contributed by atoms with E-state index in [9.17, 15) is 13.2 Å². The van der Waals surface area contributed by atoms with Crippen molar-refractivity contribution in [2.24, 2.45) is 0 Å². The lowest BCUT2D eigenvalue weighted by Gasteiger charge is -2.31. The van der Waals surface area contributed by atoms with Crippen LogP contribution in [0.15, 0.2) is 41.6 Å². The fourth-order valence-corrected chi connectivity index (χ4v) is 4.41. The molecule has 9 heteroatoms. The van der Waals surface area contributed by atoms with Gasteiger partial charge in [-0.25, -0.2) is 18.4 Å². The van der Waals surface area contributed by atoms with Gasteiger partial charge in [-0.15, -0.1) is 0 Å². The number of ketones is 1. The molecule has 1 aromatic heterocycles. The Morgan fingerprint density at radius 2 is 2.04 bits per heavy atom. The molecule has 26 heavy (non-hydrogen) atoms. The van der Waals surface area contributed by atoms with E-state index in [2.05, 4.69) is 9.97 Å². The van der Waals surface area contributed by atoms with Gasteiger partial charge in [-0.3, -0.25) is 4.79 Å². The summed E-state index contributed by atoms with van der Waals surface area (Å²) in [4.78, 5) is 19.6. The maximum absolute atomic E-state index is 12.9. The van der Waals surface area contributed by atoms with Crippen LogP contribution in [0, 0.1) is 0 Å². The molecule has 0 saturated carbocycles. The lowest BCUT2D eigenvalue weighted by molar-refractivity contribution is 0.101. The molecule has 1 aliphatic rings. The van der Waals surface area contributed by atoms with Crippen molar-refractivity contribution in [3.05, 3.63) is 47.2 Å². The Kier molecular flexibility index (Phi) is 5.55. The maximum atomic E-state index is 12.9. The summed E-state index contributed by atoms with van der Waals surface area (Å²) in [5.41, 5.74) is 0.366. The quantitative estimate of drug-likeness (QED) is 0.723. The van der Waals surface area contributed by atoms with Crippen LogP contribution in [0.5, 0.6) is 6.01 Å². The van der Waals surface area contributed by atoms with Crippen molar-refractivity contribution in [3.63, 3.8) is 0 Å². The van der Waals surface area contributed by atoms with Crippen molar-refractivity contribution < 1.29 is 17.9 Å². The van der Waals surface area contributed by atoms with Gasteiger partial charge in [-0.2, -0.15) is 4.31 Å². The number of rotatable bonds is 5. The van der Waals surface area contributed by atoms with Crippen molar-refractivity contribution in [2.45, 2.75) is 30.8 Å². The van der Waals surface area contributed by atoms with Gasteiger partial charge in [-0.05, 0) is 31.9 Å². The van der Waals surface area contributed by atoms with Crippen molar-refractivity contribution >= 4 is 27.4 Å². The molecule has 2 aromatic rings. The highest BCUT2D eigenvalue weighted by Crippen LogP contribution is 2.23. The number of nitrogens with zero attached hydrogens (tertiary/aromatic N) is 3. The Morgan fingerprint density at radius 3 is 2.73 bits per heavy atom. The number of piperidine rings is 1. The van der Waals surface area contributed by atoms with Crippen molar-refractivity contribution in [1.82, 2.24) is 14.3 Å². The predicted molar refractivity (Wildman–Crippen MR) is 95.9 cm³/mol. The predicted octanol–water partition coefficient (Wildman–Crippen LogP) is 2.56. The van der Waals surface area contributed by atoms with Crippen LogP contribution in [0.4, 0.5) is 0 Å². The monoisotopic (exact) mass is 395 g/mol. The number of hydrogen-bond acceptors (Lipinski definition) is 6. The van der Waals surface area contributed by atoms with E-state index >= 15 is 0 Å². The first-order valence-electron chi connectivity index (χ1n) is 8.11. The third-order valence-corrected chi connectivity index (χ3v) is 6.14. The standard InChI is InChI=1S/C17H18ClN3O4S/c1-12(22)13-4-2-6-16(8-13)26(23,24)21-7-3-5-15(11-21)25-17-19-9-14(18)10-20-17/h2,4,6,8-10,15H,3,5,7,11H2,1H3. The number of Topliss-reactive ketones (excluding diaryl/α,β-unsaturated/α-hetero) is 1. The van der Waals surface area contributed by atoms with Crippen LogP contribution in [0.3, 0.4) is 0 Å². The third-order valence-electron chi connectivity index (χ3n) is 4.09. The van der Waals surface area contributed by atoms with Crippen molar-refractivity contribution in [2.75, 3.05) is 13.1 Å². The zero-order chi connectivity index (χ0) is 18.7. The summed E-state index contributed by atoms with van der Waals surface area (Å²) >= 11 is 5.75. The minimum atomic E-state index is -3.71. The summed E-state index contributed by atoms with van der Waals surface area (Å²) in [6, 6.07) is 6.24. The summed E-state index contributed by atoms with van der Waals surface area (Å²) in [7, 11) is -3.71. The van der Waals surface area contributed by atoms with Crippen molar-refractivity contribution in [1.29, 1.82) is 0 Å². The van der Waals surface area contributed by atoms with Crippen LogP contribution in [-0.4, -0.2) is 47.7 Å². The highest BCUT2D eigenvalue weighted by atomic mass is 35.5. The third kappa shape index (κ3) is 4.20. The van der Waals surface area contributed by atoms with E-state index in [0.29, 0.717) is 30.0 Å². The summed E-state index contributed by atoms with van der Waals surface area (Å²) in [6.45, 7) is 2.00. The van der Waals surface area contributed by atoms with Crippen LogP contribution in [-0.2, 0) is 10.0 Å². The Bertz CT molecular complexity index is 902. The average Bonchev–Trinajstić information content (AvgIpc) is 2.64. The number of sulfonamides is 1. The first kappa shape index (κ1) is 18.8. The summed E-state index contributed by atoms with van der Waals surface area (Å²) in [6.07, 6.45) is 3.86. The molecule has 1 aromatic carbocycles. The van der Waals surface area contributed by atoms with Crippen molar-refractivity contribution in [3.8, 4) is 6.01 Å². The molecule has 7 nitrogen and oxygen atoms in total. The molecular weight excluding hydrogens is 378 g/mol. The fraction of sp³-hybridized carbons (Fsp3) is 0.353. The zero-order valence-corrected chi connectivity index (χ0v) is 15.7. The molecule has 138 valence electrons. The lowest BCUT2D eigenvalue weighted by Crippen LogP contribution is -2.44. The van der Waals surface area contributed by atoms with Gasteiger partial charge in [0.25, 0.3) is 0 Å². The molecule has 0 spiro atoms. The number of carbonyl (C=O) groups is 1. The molecular formula is C17H18ClN3O4S. The van der Waals surface area contributed by atoms with Gasteiger partial charge in [0, 0.05) is 12.1 Å². The van der Waals surface area contributed by atoms with E-state index < -0.39 is 10.0 Å². The molecule has 1 fully saturated rings. The highest BCUT2D eigenvalue weighted by Gasteiger charge is 2.31. The summed E-state index contributed by atoms with van der Waals surface area (Å²) in [5.74, 6) is -0.179. The molecule has 1 atom stereocenters. The van der Waals surface area contributed by atoms with E-state index in [4.69, 9.17) is 16.3 Å². The van der Waals surface area contributed by atoms with Gasteiger partial charge >= 0.3 is 6.01 Å². The molecule has 0 radical (unpaired) electrons. The molecule has 1 unspecified atom stereocenters. The van der Waals surface area contributed by atoms with E-state index in [1.165, 1.54) is 35.8 Å². The van der Waals surface area contributed by atoms with E-state index in [1.807, 2.05) is 0 Å². The Hall–Kier alpha value is -2.03. The Morgan fingerprint density at radius 1 is 1.31 bits per heavy atom. The minimum Gasteiger partial charge on any atom is -0.459 e. The Labute approximate surface area is 157 Å². The largest absolute Gasteiger partial charge is 0.459 e. The molecule has 0 amide bonds. The second kappa shape index (κ2) is 7.69. The van der Waals surface area contributed by atoms with Gasteiger partial charge in [-0.1, -0.05) is 23.7 Å². The van der Waals surface area contributed by atoms with E-state index in [-0.39, 0.29) is 29.3 Å². The first-order valence-corrected chi connectivity index (χ1v) is 9.93. The zero-order valence-electron chi connectivity index (χ0n) is 14.1. The van der Waals surface area contributed by atoms with Gasteiger partial charge in [0.2, 0.25) is 10.0 Å². The molecule has 2 heterocycles. The molecule has 0 bridgehead atoms. The van der Waals surface area contributed by atoms with Crippen LogP contribution < -0.4 is 4.74 Å². The molecule has 0 N–H and O–H groups in total. The van der Waals surface area contributed by atoms with Crippen LogP contribution in [0.1, 0.15) is 30.1 Å². The molecule has 1 aliphatic heterocycles. The number of benzene rings is 1. The van der Waals surface area contributed by atoms with Gasteiger partial charge in [0.1, 0.15) is 6.10 Å². The number of ether oxygens (including phenoxy) is 1. The van der Waals surface area contributed by atoms with Crippen LogP contribution >= 0.6 is 11.6 Å². The first-order chi connectivity index (χ1) is 12.4. The molecule has 1 saturated heterocycles. The summed E-state index contributed by atoms with van der Waals surface area (Å²) < 4.78 is 32.9. The number of halogens is 1. The van der Waals surface area contributed by atoms with Crippen LogP contribution in [0.25, 0.3) is 0 Å². The smallest absolute Gasteiger partial charge is 0.316 e. The SMILES string of the molecule is CC(=O)c1cccc(S(=O)(=O)N2CCCC(Oc3ncc(Cl)cn3)C2)c1. The summed E-state index contributed by atoms with van der Waals surface area (Å²) in [5, 5.41) is 0.399. The van der Waals surface area contributed by atoms with Gasteiger partial charge in [0.05, 0.1) is 28.9 Å². The lowest BCUT2D eigenvalue weighted by atomic mass is 10.1. The topological polar surface area (TPSA) is 89.5 Å². The molecule has 3 rings (SSSR count). The van der Waals surface area contributed by atoms with Gasteiger partial charge in [0.15, 0.2) is 5.78 Å². The van der Waals surface area contributed by atoms with Gasteiger partial charge < -0.3 is 4.74 Å². The van der Waals surface area contributed by atoms with E-state index in [0.717, 1.165) is 0 Å². The normalized spacial score (nSPS) is 18.5. The number of aromatic nitrogens is 2. The Balaban J connectivity index is 1.76. The highest BCUT2D eigenvalue weighted by molar-refractivity contribution is 7.89. The fourth-order valence-electron chi connectivity index (χ4n) is 2.75. The second-order valence-corrected chi connectivity index (χ2v) is 8.39.